The Balaban J connectivity index is 1.26. The van der Waals surface area contributed by atoms with Gasteiger partial charge in [-0.3, -0.25) is 9.80 Å². The van der Waals surface area contributed by atoms with Gasteiger partial charge < -0.3 is 4.90 Å². The molecule has 1 saturated heterocycles. The molecule has 2 aromatic rings. The molecule has 2 heterocycles. The van der Waals surface area contributed by atoms with Gasteiger partial charge in [-0.15, -0.1) is 0 Å². The Kier molecular flexibility index (Phi) is 6.85. The number of nitrogens with zero attached hydrogens (tertiary/aromatic N) is 4. The Morgan fingerprint density at radius 3 is 2.60 bits per heavy atom. The van der Waals surface area contributed by atoms with Crippen LogP contribution in [0.4, 0.5) is 5.69 Å². The second-order valence-corrected chi connectivity index (χ2v) is 9.03. The van der Waals surface area contributed by atoms with Gasteiger partial charge in [-0.25, -0.2) is 0 Å². The molecule has 6 heteroatoms. The van der Waals surface area contributed by atoms with Crippen molar-refractivity contribution in [3.8, 4) is 6.07 Å². The summed E-state index contributed by atoms with van der Waals surface area (Å²) >= 11 is 12.6. The molecular formula is C24H28Cl2N4. The van der Waals surface area contributed by atoms with E-state index in [0.717, 1.165) is 69.9 Å². The fourth-order valence-electron chi connectivity index (χ4n) is 4.69. The molecule has 0 spiro atoms. The maximum atomic E-state index is 9.21. The lowest BCUT2D eigenvalue weighted by molar-refractivity contribution is 0.176. The molecule has 2 aliphatic heterocycles. The minimum Gasteiger partial charge on any atom is -0.368 e. The van der Waals surface area contributed by atoms with Gasteiger partial charge in [-0.05, 0) is 68.2 Å². The van der Waals surface area contributed by atoms with Gasteiger partial charge in [-0.2, -0.15) is 5.26 Å². The van der Waals surface area contributed by atoms with Crippen molar-refractivity contribution in [2.45, 2.75) is 25.8 Å². The Morgan fingerprint density at radius 1 is 1.03 bits per heavy atom. The lowest BCUT2D eigenvalue weighted by atomic mass is 9.92. The number of hydrogen-bond donors (Lipinski definition) is 0. The number of nitriles is 1. The Bertz CT molecular complexity index is 931. The second kappa shape index (κ2) is 9.58. The van der Waals surface area contributed by atoms with Crippen LogP contribution in [0.15, 0.2) is 36.4 Å². The molecule has 0 saturated carbocycles. The molecule has 4 nitrogen and oxygen atoms in total. The maximum absolute atomic E-state index is 9.21. The molecule has 158 valence electrons. The summed E-state index contributed by atoms with van der Waals surface area (Å²) in [5, 5.41) is 10.5. The minimum absolute atomic E-state index is 0.379. The quantitative estimate of drug-likeness (QED) is 0.652. The lowest BCUT2D eigenvalue weighted by Crippen LogP contribution is -2.47. The Hall–Kier alpha value is -1.77. The van der Waals surface area contributed by atoms with E-state index in [9.17, 15) is 5.26 Å². The smallest absolute Gasteiger partial charge is 0.0991 e. The summed E-state index contributed by atoms with van der Waals surface area (Å²) in [6.45, 7) is 9.63. The van der Waals surface area contributed by atoms with Gasteiger partial charge in [0.05, 0.1) is 27.4 Å². The normalized spacial score (nSPS) is 20.1. The van der Waals surface area contributed by atoms with Crippen molar-refractivity contribution < 1.29 is 0 Å². The molecule has 1 atom stereocenters. The van der Waals surface area contributed by atoms with Crippen LogP contribution in [0.3, 0.4) is 0 Å². The van der Waals surface area contributed by atoms with Crippen molar-refractivity contribution in [2.24, 2.45) is 0 Å². The lowest BCUT2D eigenvalue weighted by Gasteiger charge is -2.38. The zero-order chi connectivity index (χ0) is 21.1. The highest BCUT2D eigenvalue weighted by Gasteiger charge is 2.24. The first-order chi connectivity index (χ1) is 14.6. The molecule has 0 amide bonds. The van der Waals surface area contributed by atoms with Gasteiger partial charge >= 0.3 is 0 Å². The molecule has 2 aromatic carbocycles. The van der Waals surface area contributed by atoms with Crippen LogP contribution >= 0.6 is 23.2 Å². The van der Waals surface area contributed by atoms with Gasteiger partial charge in [-0.1, -0.05) is 35.3 Å². The number of halogens is 2. The number of fused-ring (bicyclic) bond motifs is 1. The highest BCUT2D eigenvalue weighted by Crippen LogP contribution is 2.33. The highest BCUT2D eigenvalue weighted by atomic mass is 35.5. The van der Waals surface area contributed by atoms with Gasteiger partial charge in [0.15, 0.2) is 0 Å². The summed E-state index contributed by atoms with van der Waals surface area (Å²) in [5.41, 5.74) is 4.53. The summed E-state index contributed by atoms with van der Waals surface area (Å²) < 4.78 is 0. The topological polar surface area (TPSA) is 33.5 Å². The molecule has 1 unspecified atom stereocenters. The number of piperazine rings is 1. The van der Waals surface area contributed by atoms with Crippen molar-refractivity contribution in [3.05, 3.63) is 63.1 Å². The predicted octanol–water partition coefficient (Wildman–Crippen LogP) is 5.00. The third-order valence-corrected chi connectivity index (χ3v) is 7.31. The SMILES string of the molecule is CC1c2cc(C#N)ccc2CCN1CCCN1CCN(c2cccc(Cl)c2Cl)CC1. The molecular weight excluding hydrogens is 415 g/mol. The van der Waals surface area contributed by atoms with Gasteiger partial charge in [0.25, 0.3) is 0 Å². The Labute approximate surface area is 189 Å². The van der Waals surface area contributed by atoms with Crippen molar-refractivity contribution in [1.29, 1.82) is 5.26 Å². The Morgan fingerprint density at radius 2 is 1.83 bits per heavy atom. The zero-order valence-electron chi connectivity index (χ0n) is 17.5. The second-order valence-electron chi connectivity index (χ2n) is 8.24. The monoisotopic (exact) mass is 442 g/mol. The van der Waals surface area contributed by atoms with E-state index in [2.05, 4.69) is 45.9 Å². The molecule has 0 radical (unpaired) electrons. The maximum Gasteiger partial charge on any atom is 0.0991 e. The molecule has 2 aliphatic rings. The van der Waals surface area contributed by atoms with Crippen LogP contribution in [0.2, 0.25) is 10.0 Å². The minimum atomic E-state index is 0.379. The van der Waals surface area contributed by atoms with E-state index in [-0.39, 0.29) is 0 Å². The number of anilines is 1. The van der Waals surface area contributed by atoms with E-state index in [1.807, 2.05) is 18.2 Å². The summed E-state index contributed by atoms with van der Waals surface area (Å²) in [6.07, 6.45) is 2.24. The van der Waals surface area contributed by atoms with Crippen LogP contribution in [0.1, 0.15) is 36.1 Å². The predicted molar refractivity (Wildman–Crippen MR) is 125 cm³/mol. The summed E-state index contributed by atoms with van der Waals surface area (Å²) in [4.78, 5) is 7.44. The molecule has 0 aliphatic carbocycles. The van der Waals surface area contributed by atoms with E-state index in [1.54, 1.807) is 0 Å². The van der Waals surface area contributed by atoms with Gasteiger partial charge in [0.2, 0.25) is 0 Å². The molecule has 0 aromatic heterocycles. The van der Waals surface area contributed by atoms with Crippen LogP contribution in [0.25, 0.3) is 0 Å². The molecule has 30 heavy (non-hydrogen) atoms. The van der Waals surface area contributed by atoms with Crippen LogP contribution < -0.4 is 4.90 Å². The van der Waals surface area contributed by atoms with Crippen molar-refractivity contribution in [2.75, 3.05) is 50.7 Å². The van der Waals surface area contributed by atoms with Crippen molar-refractivity contribution in [1.82, 2.24) is 9.80 Å². The van der Waals surface area contributed by atoms with Crippen molar-refractivity contribution >= 4 is 28.9 Å². The average Bonchev–Trinajstić information content (AvgIpc) is 2.77. The molecule has 1 fully saturated rings. The zero-order valence-corrected chi connectivity index (χ0v) is 19.0. The first-order valence-corrected chi connectivity index (χ1v) is 11.5. The summed E-state index contributed by atoms with van der Waals surface area (Å²) in [5.74, 6) is 0. The van der Waals surface area contributed by atoms with Crippen LogP contribution in [-0.2, 0) is 6.42 Å². The first kappa shape index (κ1) is 21.5. The average molecular weight is 443 g/mol. The van der Waals surface area contributed by atoms with Crippen LogP contribution in [0, 0.1) is 11.3 Å². The molecule has 0 N–H and O–H groups in total. The van der Waals surface area contributed by atoms with E-state index in [0.29, 0.717) is 16.1 Å². The molecule has 0 bridgehead atoms. The standard InChI is InChI=1S/C24H28Cl2N4/c1-18-21-16-19(17-27)6-7-20(21)8-11-29(18)10-3-9-28-12-14-30(15-13-28)23-5-2-4-22(25)24(23)26/h2,4-7,16,18H,3,8-15H2,1H3. The number of benzene rings is 2. The van der Waals surface area contributed by atoms with E-state index < -0.39 is 0 Å². The summed E-state index contributed by atoms with van der Waals surface area (Å²) in [6, 6.07) is 14.7. The third kappa shape index (κ3) is 4.60. The van der Waals surface area contributed by atoms with Crippen LogP contribution in [-0.4, -0.2) is 55.6 Å². The van der Waals surface area contributed by atoms with Gasteiger partial charge in [0, 0.05) is 38.8 Å². The summed E-state index contributed by atoms with van der Waals surface area (Å²) in [7, 11) is 0. The first-order valence-electron chi connectivity index (χ1n) is 10.7. The van der Waals surface area contributed by atoms with Crippen molar-refractivity contribution in [3.63, 3.8) is 0 Å². The number of rotatable bonds is 5. The van der Waals surface area contributed by atoms with E-state index in [1.165, 1.54) is 11.1 Å². The van der Waals surface area contributed by atoms with E-state index in [4.69, 9.17) is 23.2 Å². The molecule has 4 rings (SSSR count). The van der Waals surface area contributed by atoms with E-state index >= 15 is 0 Å². The number of hydrogen-bond acceptors (Lipinski definition) is 4. The highest BCUT2D eigenvalue weighted by molar-refractivity contribution is 6.43. The van der Waals surface area contributed by atoms with Crippen LogP contribution in [0.5, 0.6) is 0 Å². The fourth-order valence-corrected chi connectivity index (χ4v) is 5.10. The fraction of sp³-hybridized carbons (Fsp3) is 0.458. The largest absolute Gasteiger partial charge is 0.368 e. The van der Waals surface area contributed by atoms with Gasteiger partial charge in [0.1, 0.15) is 0 Å². The third-order valence-electron chi connectivity index (χ3n) is 6.50.